The summed E-state index contributed by atoms with van der Waals surface area (Å²) in [5.41, 5.74) is 6.18. The molecule has 0 aromatic carbocycles. The van der Waals surface area contributed by atoms with Crippen LogP contribution >= 0.6 is 22.9 Å². The van der Waals surface area contributed by atoms with Crippen LogP contribution in [0.3, 0.4) is 0 Å². The summed E-state index contributed by atoms with van der Waals surface area (Å²) >= 11 is 7.56. The Kier molecular flexibility index (Phi) is 6.64. The summed E-state index contributed by atoms with van der Waals surface area (Å²) in [6.07, 6.45) is 2.12. The van der Waals surface area contributed by atoms with Crippen molar-refractivity contribution in [2.75, 3.05) is 0 Å². The Labute approximate surface area is 119 Å². The van der Waals surface area contributed by atoms with Gasteiger partial charge in [0.15, 0.2) is 0 Å². The van der Waals surface area contributed by atoms with Crippen LogP contribution in [0.5, 0.6) is 0 Å². The number of hydrogen-bond donors (Lipinski definition) is 1. The minimum atomic E-state index is -0.0405. The van der Waals surface area contributed by atoms with Crippen molar-refractivity contribution in [2.45, 2.75) is 58.8 Å². The maximum Gasteiger partial charge on any atom is 0.107 e. The molecule has 0 spiro atoms. The summed E-state index contributed by atoms with van der Waals surface area (Å²) < 4.78 is 6.93. The normalized spacial score (nSPS) is 16.8. The zero-order valence-electron chi connectivity index (χ0n) is 11.7. The van der Waals surface area contributed by atoms with Gasteiger partial charge in [-0.2, -0.15) is 0 Å². The van der Waals surface area contributed by atoms with E-state index in [1.54, 1.807) is 11.3 Å². The first kappa shape index (κ1) is 16.0. The molecule has 0 saturated heterocycles. The zero-order valence-corrected chi connectivity index (χ0v) is 13.2. The predicted molar refractivity (Wildman–Crippen MR) is 80.3 cm³/mol. The quantitative estimate of drug-likeness (QED) is 0.794. The van der Waals surface area contributed by atoms with E-state index in [9.17, 15) is 0 Å². The number of nitrogens with two attached hydrogens (primary N) is 1. The molecule has 0 amide bonds. The maximum absolute atomic E-state index is 6.18. The Morgan fingerprint density at radius 1 is 1.33 bits per heavy atom. The van der Waals surface area contributed by atoms with E-state index >= 15 is 0 Å². The fourth-order valence-corrected chi connectivity index (χ4v) is 3.22. The van der Waals surface area contributed by atoms with Crippen molar-refractivity contribution in [2.24, 2.45) is 11.7 Å². The summed E-state index contributed by atoms with van der Waals surface area (Å²) in [6, 6.07) is 3.96. The SMILES string of the molecule is CCC(N)C(OC(C)CC(C)C)c1ccc(Cl)s1. The smallest absolute Gasteiger partial charge is 0.107 e. The number of halogens is 1. The van der Waals surface area contributed by atoms with E-state index in [4.69, 9.17) is 22.1 Å². The summed E-state index contributed by atoms with van der Waals surface area (Å²) in [6.45, 7) is 8.61. The second-order valence-electron chi connectivity index (χ2n) is 5.21. The molecule has 0 saturated carbocycles. The van der Waals surface area contributed by atoms with Crippen molar-refractivity contribution >= 4 is 22.9 Å². The summed E-state index contributed by atoms with van der Waals surface area (Å²) in [5.74, 6) is 0.630. The van der Waals surface area contributed by atoms with E-state index in [0.717, 1.165) is 22.1 Å². The zero-order chi connectivity index (χ0) is 13.7. The number of ether oxygens (including phenoxy) is 1. The third kappa shape index (κ3) is 4.88. The van der Waals surface area contributed by atoms with E-state index in [-0.39, 0.29) is 18.2 Å². The maximum atomic E-state index is 6.18. The van der Waals surface area contributed by atoms with Crippen molar-refractivity contribution in [3.8, 4) is 0 Å². The second-order valence-corrected chi connectivity index (χ2v) is 6.96. The Balaban J connectivity index is 2.73. The van der Waals surface area contributed by atoms with Gasteiger partial charge in [0.2, 0.25) is 0 Å². The van der Waals surface area contributed by atoms with E-state index in [1.807, 2.05) is 12.1 Å². The van der Waals surface area contributed by atoms with Crippen LogP contribution in [0.1, 0.15) is 51.5 Å². The van der Waals surface area contributed by atoms with Crippen molar-refractivity contribution in [3.05, 3.63) is 21.3 Å². The van der Waals surface area contributed by atoms with Crippen LogP contribution in [0.4, 0.5) is 0 Å². The number of thiophene rings is 1. The molecule has 3 unspecified atom stereocenters. The highest BCUT2D eigenvalue weighted by atomic mass is 35.5. The van der Waals surface area contributed by atoms with Gasteiger partial charge in [-0.15, -0.1) is 11.3 Å². The first-order valence-corrected chi connectivity index (χ1v) is 7.79. The molecular weight excluding hydrogens is 266 g/mol. The van der Waals surface area contributed by atoms with Gasteiger partial charge < -0.3 is 10.5 Å². The molecule has 3 atom stereocenters. The molecule has 0 aliphatic carbocycles. The molecule has 2 N–H and O–H groups in total. The number of hydrogen-bond acceptors (Lipinski definition) is 3. The van der Waals surface area contributed by atoms with Crippen molar-refractivity contribution in [3.63, 3.8) is 0 Å². The summed E-state index contributed by atoms with van der Waals surface area (Å²) in [7, 11) is 0. The minimum Gasteiger partial charge on any atom is -0.368 e. The average Bonchev–Trinajstić information content (AvgIpc) is 2.70. The van der Waals surface area contributed by atoms with Gasteiger partial charge in [-0.1, -0.05) is 32.4 Å². The second kappa shape index (κ2) is 7.49. The van der Waals surface area contributed by atoms with E-state index < -0.39 is 0 Å². The van der Waals surface area contributed by atoms with E-state index in [0.29, 0.717) is 5.92 Å². The van der Waals surface area contributed by atoms with Gasteiger partial charge in [0.25, 0.3) is 0 Å². The van der Waals surface area contributed by atoms with Crippen molar-refractivity contribution in [1.29, 1.82) is 0 Å². The van der Waals surface area contributed by atoms with Gasteiger partial charge >= 0.3 is 0 Å². The highest BCUT2D eigenvalue weighted by Crippen LogP contribution is 2.32. The van der Waals surface area contributed by atoms with Gasteiger partial charge in [-0.25, -0.2) is 0 Å². The van der Waals surface area contributed by atoms with Gasteiger partial charge in [0, 0.05) is 10.9 Å². The molecule has 0 fully saturated rings. The topological polar surface area (TPSA) is 35.2 Å². The lowest BCUT2D eigenvalue weighted by atomic mass is 10.0. The highest BCUT2D eigenvalue weighted by molar-refractivity contribution is 7.16. The van der Waals surface area contributed by atoms with Crippen molar-refractivity contribution in [1.82, 2.24) is 0 Å². The molecule has 0 bridgehead atoms. The molecule has 1 rings (SSSR count). The summed E-state index contributed by atoms with van der Waals surface area (Å²) in [4.78, 5) is 1.13. The third-order valence-corrected chi connectivity index (χ3v) is 4.21. The molecule has 0 radical (unpaired) electrons. The average molecular weight is 290 g/mol. The first-order chi connectivity index (χ1) is 8.43. The fraction of sp³-hybridized carbons (Fsp3) is 0.714. The standard InChI is InChI=1S/C14H24ClNOS/c1-5-11(16)14(12-6-7-13(15)18-12)17-10(4)8-9(2)3/h6-7,9-11,14H,5,8,16H2,1-4H3. The van der Waals surface area contributed by atoms with Gasteiger partial charge in [-0.05, 0) is 37.8 Å². The molecule has 18 heavy (non-hydrogen) atoms. The number of rotatable bonds is 7. The lowest BCUT2D eigenvalue weighted by molar-refractivity contribution is -0.0252. The lowest BCUT2D eigenvalue weighted by Crippen LogP contribution is -2.31. The van der Waals surface area contributed by atoms with Gasteiger partial charge in [-0.3, -0.25) is 0 Å². The molecule has 1 heterocycles. The van der Waals surface area contributed by atoms with Crippen LogP contribution in [-0.4, -0.2) is 12.1 Å². The predicted octanol–water partition coefficient (Wildman–Crippen LogP) is 4.63. The van der Waals surface area contributed by atoms with Crippen LogP contribution in [0.2, 0.25) is 4.34 Å². The third-order valence-electron chi connectivity index (χ3n) is 2.92. The fourth-order valence-electron chi connectivity index (χ4n) is 2.04. The van der Waals surface area contributed by atoms with Gasteiger partial charge in [0.1, 0.15) is 6.10 Å². The van der Waals surface area contributed by atoms with Crippen LogP contribution < -0.4 is 5.73 Å². The molecule has 2 nitrogen and oxygen atoms in total. The molecule has 0 aliphatic heterocycles. The minimum absolute atomic E-state index is 0.0225. The van der Waals surface area contributed by atoms with Crippen LogP contribution in [0.25, 0.3) is 0 Å². The Morgan fingerprint density at radius 3 is 2.44 bits per heavy atom. The Morgan fingerprint density at radius 2 is 2.00 bits per heavy atom. The van der Waals surface area contributed by atoms with Crippen LogP contribution in [-0.2, 0) is 4.74 Å². The molecular formula is C14H24ClNOS. The van der Waals surface area contributed by atoms with Crippen LogP contribution in [0.15, 0.2) is 12.1 Å². The van der Waals surface area contributed by atoms with Crippen LogP contribution in [0, 0.1) is 5.92 Å². The Bertz CT molecular complexity index is 353. The largest absolute Gasteiger partial charge is 0.368 e. The lowest BCUT2D eigenvalue weighted by Gasteiger charge is -2.27. The molecule has 0 aliphatic rings. The van der Waals surface area contributed by atoms with E-state index in [2.05, 4.69) is 27.7 Å². The van der Waals surface area contributed by atoms with E-state index in [1.165, 1.54) is 0 Å². The van der Waals surface area contributed by atoms with Crippen molar-refractivity contribution < 1.29 is 4.74 Å². The Hall–Kier alpha value is -0.0900. The summed E-state index contributed by atoms with van der Waals surface area (Å²) in [5, 5.41) is 0. The van der Waals surface area contributed by atoms with Gasteiger partial charge in [0.05, 0.1) is 10.4 Å². The molecule has 104 valence electrons. The molecule has 1 aromatic rings. The molecule has 1 aromatic heterocycles. The highest BCUT2D eigenvalue weighted by Gasteiger charge is 2.23. The molecule has 4 heteroatoms. The monoisotopic (exact) mass is 289 g/mol. The first-order valence-electron chi connectivity index (χ1n) is 6.60.